The van der Waals surface area contributed by atoms with Crippen molar-refractivity contribution in [3.8, 4) is 11.5 Å². The molecular weight excluding hydrogens is 302 g/mol. The predicted molar refractivity (Wildman–Crippen MR) is 83.9 cm³/mol. The number of nitrogen functional groups attached to an aromatic ring is 1. The number of benzene rings is 2. The molecule has 2 aromatic rings. The van der Waals surface area contributed by atoms with Crippen molar-refractivity contribution in [1.29, 1.82) is 0 Å². The fourth-order valence-electron chi connectivity index (χ4n) is 1.92. The highest BCUT2D eigenvalue weighted by Crippen LogP contribution is 2.35. The Balaban J connectivity index is 2.42. The minimum Gasteiger partial charge on any atom is -0.455 e. The van der Waals surface area contributed by atoms with E-state index in [2.05, 4.69) is 54.9 Å². The lowest BCUT2D eigenvalue weighted by Crippen LogP contribution is -1.97. The van der Waals surface area contributed by atoms with Crippen LogP contribution in [0.15, 0.2) is 40.9 Å². The monoisotopic (exact) mass is 319 g/mol. The van der Waals surface area contributed by atoms with Gasteiger partial charge in [-0.25, -0.2) is 0 Å². The van der Waals surface area contributed by atoms with Crippen molar-refractivity contribution >= 4 is 21.6 Å². The fraction of sp³-hybridized carbons (Fsp3) is 0.250. The van der Waals surface area contributed by atoms with E-state index in [9.17, 15) is 0 Å². The van der Waals surface area contributed by atoms with Crippen LogP contribution in [0, 0.1) is 6.92 Å². The SMILES string of the molecule is Cc1ccc(C(C)C)c(Oc2cc(Br)ccc2N)c1. The van der Waals surface area contributed by atoms with Crippen molar-refractivity contribution in [3.05, 3.63) is 52.0 Å². The molecule has 0 aliphatic rings. The zero-order valence-electron chi connectivity index (χ0n) is 11.4. The molecule has 2 aromatic carbocycles. The van der Waals surface area contributed by atoms with Gasteiger partial charge in [0.15, 0.2) is 5.75 Å². The molecule has 2 rings (SSSR count). The molecule has 0 saturated carbocycles. The molecule has 0 atom stereocenters. The van der Waals surface area contributed by atoms with Gasteiger partial charge < -0.3 is 10.5 Å². The van der Waals surface area contributed by atoms with Crippen LogP contribution in [0.3, 0.4) is 0 Å². The second-order valence-electron chi connectivity index (χ2n) is 4.98. The number of hydrogen-bond donors (Lipinski definition) is 1. The quantitative estimate of drug-likeness (QED) is 0.783. The third-order valence-corrected chi connectivity index (χ3v) is 3.48. The summed E-state index contributed by atoms with van der Waals surface area (Å²) in [5.74, 6) is 1.96. The number of anilines is 1. The van der Waals surface area contributed by atoms with Gasteiger partial charge in [-0.2, -0.15) is 0 Å². The van der Waals surface area contributed by atoms with E-state index in [-0.39, 0.29) is 0 Å². The predicted octanol–water partition coefficient (Wildman–Crippen LogP) is 5.26. The second-order valence-corrected chi connectivity index (χ2v) is 5.90. The van der Waals surface area contributed by atoms with Crippen LogP contribution >= 0.6 is 15.9 Å². The Hall–Kier alpha value is -1.48. The number of ether oxygens (including phenoxy) is 1. The number of hydrogen-bond acceptors (Lipinski definition) is 2. The highest BCUT2D eigenvalue weighted by molar-refractivity contribution is 9.10. The van der Waals surface area contributed by atoms with Gasteiger partial charge in [-0.1, -0.05) is 41.9 Å². The van der Waals surface area contributed by atoms with E-state index in [1.165, 1.54) is 11.1 Å². The van der Waals surface area contributed by atoms with Gasteiger partial charge in [-0.3, -0.25) is 0 Å². The second kappa shape index (κ2) is 5.66. The van der Waals surface area contributed by atoms with Crippen LogP contribution in [0.4, 0.5) is 5.69 Å². The third kappa shape index (κ3) is 3.29. The van der Waals surface area contributed by atoms with Crippen molar-refractivity contribution in [1.82, 2.24) is 0 Å². The molecule has 3 heteroatoms. The molecule has 0 aliphatic carbocycles. The summed E-state index contributed by atoms with van der Waals surface area (Å²) in [7, 11) is 0. The van der Waals surface area contributed by atoms with Crippen LogP contribution < -0.4 is 10.5 Å². The molecule has 2 nitrogen and oxygen atoms in total. The number of halogens is 1. The average molecular weight is 320 g/mol. The Kier molecular flexibility index (Phi) is 4.15. The van der Waals surface area contributed by atoms with E-state index in [4.69, 9.17) is 10.5 Å². The van der Waals surface area contributed by atoms with Gasteiger partial charge in [-0.05, 0) is 48.2 Å². The van der Waals surface area contributed by atoms with Gasteiger partial charge >= 0.3 is 0 Å². The Morgan fingerprint density at radius 2 is 1.79 bits per heavy atom. The Labute approximate surface area is 122 Å². The van der Waals surface area contributed by atoms with Crippen molar-refractivity contribution in [2.24, 2.45) is 0 Å². The van der Waals surface area contributed by atoms with Crippen LogP contribution in [0.5, 0.6) is 11.5 Å². The van der Waals surface area contributed by atoms with E-state index in [0.717, 1.165) is 10.2 Å². The molecule has 0 aromatic heterocycles. The molecule has 0 aliphatic heterocycles. The molecule has 0 bridgehead atoms. The highest BCUT2D eigenvalue weighted by atomic mass is 79.9. The van der Waals surface area contributed by atoms with Crippen LogP contribution in [0.1, 0.15) is 30.9 Å². The molecule has 0 fully saturated rings. The van der Waals surface area contributed by atoms with E-state index in [0.29, 0.717) is 17.4 Å². The van der Waals surface area contributed by atoms with Crippen LogP contribution in [0.2, 0.25) is 0 Å². The lowest BCUT2D eigenvalue weighted by atomic mass is 10.0. The summed E-state index contributed by atoms with van der Waals surface area (Å²) >= 11 is 3.44. The smallest absolute Gasteiger partial charge is 0.151 e. The molecule has 19 heavy (non-hydrogen) atoms. The maximum absolute atomic E-state index is 6.01. The van der Waals surface area contributed by atoms with E-state index in [1.807, 2.05) is 18.2 Å². The van der Waals surface area contributed by atoms with Crippen molar-refractivity contribution in [2.75, 3.05) is 5.73 Å². The first-order chi connectivity index (χ1) is 8.97. The van der Waals surface area contributed by atoms with Gasteiger partial charge in [0.2, 0.25) is 0 Å². The molecule has 0 unspecified atom stereocenters. The number of nitrogens with two attached hydrogens (primary N) is 1. The van der Waals surface area contributed by atoms with Gasteiger partial charge in [0.1, 0.15) is 5.75 Å². The van der Waals surface area contributed by atoms with Crippen LogP contribution in [0.25, 0.3) is 0 Å². The summed E-state index contributed by atoms with van der Waals surface area (Å²) in [6.45, 7) is 6.37. The fourth-order valence-corrected chi connectivity index (χ4v) is 2.26. The Bertz CT molecular complexity index is 593. The zero-order chi connectivity index (χ0) is 14.0. The minimum atomic E-state index is 0.406. The van der Waals surface area contributed by atoms with Gasteiger partial charge in [-0.15, -0.1) is 0 Å². The number of rotatable bonds is 3. The normalized spacial score (nSPS) is 10.8. The van der Waals surface area contributed by atoms with Crippen molar-refractivity contribution < 1.29 is 4.74 Å². The molecule has 0 amide bonds. The summed E-state index contributed by atoms with van der Waals surface area (Å²) in [6, 6.07) is 11.9. The highest BCUT2D eigenvalue weighted by Gasteiger charge is 2.11. The van der Waals surface area contributed by atoms with Gasteiger partial charge in [0, 0.05) is 4.47 Å². The maximum atomic E-state index is 6.01. The van der Waals surface area contributed by atoms with Gasteiger partial charge in [0.25, 0.3) is 0 Å². The largest absolute Gasteiger partial charge is 0.455 e. The van der Waals surface area contributed by atoms with E-state index < -0.39 is 0 Å². The maximum Gasteiger partial charge on any atom is 0.151 e. The lowest BCUT2D eigenvalue weighted by Gasteiger charge is -2.16. The molecule has 0 spiro atoms. The summed E-state index contributed by atoms with van der Waals surface area (Å²) in [6.07, 6.45) is 0. The molecule has 0 saturated heterocycles. The molecule has 2 N–H and O–H groups in total. The standard InChI is InChI=1S/C16H18BrNO/c1-10(2)13-6-4-11(3)8-15(13)19-16-9-12(17)5-7-14(16)18/h4-10H,18H2,1-3H3. The lowest BCUT2D eigenvalue weighted by molar-refractivity contribution is 0.474. The summed E-state index contributed by atoms with van der Waals surface area (Å²) in [5, 5.41) is 0. The summed E-state index contributed by atoms with van der Waals surface area (Å²) < 4.78 is 6.96. The molecule has 0 radical (unpaired) electrons. The molecule has 0 heterocycles. The van der Waals surface area contributed by atoms with Crippen molar-refractivity contribution in [2.45, 2.75) is 26.7 Å². The molecule has 100 valence electrons. The first kappa shape index (κ1) is 13.9. The Morgan fingerprint density at radius 1 is 1.05 bits per heavy atom. The third-order valence-electron chi connectivity index (χ3n) is 2.99. The van der Waals surface area contributed by atoms with Crippen LogP contribution in [-0.4, -0.2) is 0 Å². The first-order valence-electron chi connectivity index (χ1n) is 6.31. The van der Waals surface area contributed by atoms with E-state index in [1.54, 1.807) is 0 Å². The molecular formula is C16H18BrNO. The topological polar surface area (TPSA) is 35.2 Å². The number of aryl methyl sites for hydroxylation is 1. The Morgan fingerprint density at radius 3 is 2.47 bits per heavy atom. The summed E-state index contributed by atoms with van der Waals surface area (Å²) in [4.78, 5) is 0. The summed E-state index contributed by atoms with van der Waals surface area (Å²) in [5.41, 5.74) is 8.95. The van der Waals surface area contributed by atoms with Gasteiger partial charge in [0.05, 0.1) is 5.69 Å². The minimum absolute atomic E-state index is 0.406. The first-order valence-corrected chi connectivity index (χ1v) is 7.10. The van der Waals surface area contributed by atoms with Crippen LogP contribution in [-0.2, 0) is 0 Å². The van der Waals surface area contributed by atoms with E-state index >= 15 is 0 Å². The average Bonchev–Trinajstić information content (AvgIpc) is 2.33. The zero-order valence-corrected chi connectivity index (χ0v) is 13.0. The van der Waals surface area contributed by atoms with Crippen molar-refractivity contribution in [3.63, 3.8) is 0 Å².